The third-order valence-corrected chi connectivity index (χ3v) is 6.50. The molecule has 1 aliphatic carbocycles. The fourth-order valence-electron chi connectivity index (χ4n) is 4.67. The van der Waals surface area contributed by atoms with Gasteiger partial charge in [-0.25, -0.2) is 4.79 Å². The van der Waals surface area contributed by atoms with Gasteiger partial charge in [-0.2, -0.15) is 0 Å². The van der Waals surface area contributed by atoms with Gasteiger partial charge in [0.1, 0.15) is 11.3 Å². The van der Waals surface area contributed by atoms with Crippen LogP contribution in [0.1, 0.15) is 46.2 Å². The Morgan fingerprint density at radius 1 is 1.16 bits per heavy atom. The molecule has 0 radical (unpaired) electrons. The predicted octanol–water partition coefficient (Wildman–Crippen LogP) is 4.97. The first-order valence-electron chi connectivity index (χ1n) is 11.0. The standard InChI is InChI=1S/C24H28ClN3O4/c1-23(2,3)32-22(29)28-13-12-27(16-9-10-17(16)28)18-6-5-7-19-21(18)31-24(4,30-19)20-11-8-15(25)14-26-20/h5-8,11,14,16-17H,9-10,12-13H2,1-4H3/t16-,17+,24+/m0/s1. The number of aromatic nitrogens is 1. The van der Waals surface area contributed by atoms with E-state index in [1.165, 1.54) is 0 Å². The summed E-state index contributed by atoms with van der Waals surface area (Å²) >= 11 is 6.00. The SMILES string of the molecule is CC(C)(C)OC(=O)N1CCN(c2cccc3c2O[C@](C)(c2ccc(Cl)cn2)O3)[C@H]2CC[C@H]21. The fraction of sp³-hybridized carbons (Fsp3) is 0.500. The van der Waals surface area contributed by atoms with Crippen LogP contribution in [0.4, 0.5) is 10.5 Å². The van der Waals surface area contributed by atoms with E-state index in [9.17, 15) is 4.79 Å². The first-order valence-corrected chi connectivity index (χ1v) is 11.4. The number of rotatable bonds is 2. The monoisotopic (exact) mass is 457 g/mol. The number of pyridine rings is 1. The highest BCUT2D eigenvalue weighted by atomic mass is 35.5. The minimum Gasteiger partial charge on any atom is -0.444 e. The molecule has 32 heavy (non-hydrogen) atoms. The Hall–Kier alpha value is -2.67. The zero-order valence-corrected chi connectivity index (χ0v) is 19.6. The zero-order chi connectivity index (χ0) is 22.7. The van der Waals surface area contributed by atoms with Gasteiger partial charge in [0, 0.05) is 32.3 Å². The minimum absolute atomic E-state index is 0.140. The molecule has 8 heteroatoms. The van der Waals surface area contributed by atoms with Crippen LogP contribution in [0.3, 0.4) is 0 Å². The predicted molar refractivity (Wildman–Crippen MR) is 121 cm³/mol. The number of carbonyl (C=O) groups excluding carboxylic acids is 1. The quantitative estimate of drug-likeness (QED) is 0.634. The number of amides is 1. The lowest BCUT2D eigenvalue weighted by Crippen LogP contribution is -2.66. The molecule has 0 spiro atoms. The van der Waals surface area contributed by atoms with Crippen molar-refractivity contribution in [3.63, 3.8) is 0 Å². The lowest BCUT2D eigenvalue weighted by Gasteiger charge is -2.54. The third kappa shape index (κ3) is 3.62. The van der Waals surface area contributed by atoms with Gasteiger partial charge < -0.3 is 24.0 Å². The maximum Gasteiger partial charge on any atom is 0.410 e. The molecule has 5 rings (SSSR count). The largest absolute Gasteiger partial charge is 0.444 e. The molecule has 7 nitrogen and oxygen atoms in total. The summed E-state index contributed by atoms with van der Waals surface area (Å²) in [4.78, 5) is 21.4. The average molecular weight is 458 g/mol. The first-order chi connectivity index (χ1) is 15.1. The Kier molecular flexibility index (Phi) is 4.93. The van der Waals surface area contributed by atoms with Crippen LogP contribution in [0, 0.1) is 0 Å². The summed E-state index contributed by atoms with van der Waals surface area (Å²) in [6.07, 6.45) is 3.35. The maximum atomic E-state index is 12.7. The van der Waals surface area contributed by atoms with Crippen molar-refractivity contribution in [2.24, 2.45) is 0 Å². The van der Waals surface area contributed by atoms with Crippen molar-refractivity contribution in [2.75, 3.05) is 18.0 Å². The second kappa shape index (κ2) is 7.44. The van der Waals surface area contributed by atoms with Crippen molar-refractivity contribution in [3.8, 4) is 11.5 Å². The number of benzene rings is 1. The molecular weight excluding hydrogens is 430 g/mol. The van der Waals surface area contributed by atoms with E-state index >= 15 is 0 Å². The van der Waals surface area contributed by atoms with Crippen molar-refractivity contribution in [1.29, 1.82) is 0 Å². The molecule has 1 amide bonds. The highest BCUT2D eigenvalue weighted by Gasteiger charge is 2.48. The Balaban J connectivity index is 1.38. The molecule has 1 aromatic carbocycles. The topological polar surface area (TPSA) is 64.1 Å². The van der Waals surface area contributed by atoms with E-state index in [1.807, 2.05) is 50.8 Å². The highest BCUT2D eigenvalue weighted by molar-refractivity contribution is 6.30. The van der Waals surface area contributed by atoms with E-state index in [4.69, 9.17) is 25.8 Å². The van der Waals surface area contributed by atoms with Crippen LogP contribution in [0.2, 0.25) is 5.02 Å². The smallest absolute Gasteiger partial charge is 0.410 e. The van der Waals surface area contributed by atoms with E-state index in [0.29, 0.717) is 35.3 Å². The maximum absolute atomic E-state index is 12.7. The number of piperazine rings is 1. The lowest BCUT2D eigenvalue weighted by atomic mass is 9.81. The molecule has 3 atom stereocenters. The molecule has 1 saturated heterocycles. The van der Waals surface area contributed by atoms with E-state index in [-0.39, 0.29) is 18.2 Å². The average Bonchev–Trinajstić information content (AvgIpc) is 3.05. The van der Waals surface area contributed by atoms with Crippen molar-refractivity contribution in [1.82, 2.24) is 9.88 Å². The molecule has 1 saturated carbocycles. The number of para-hydroxylation sites is 1. The van der Waals surface area contributed by atoms with Crippen LogP contribution >= 0.6 is 11.6 Å². The fourth-order valence-corrected chi connectivity index (χ4v) is 4.78. The Labute approximate surface area is 193 Å². The van der Waals surface area contributed by atoms with Gasteiger partial charge in [-0.15, -0.1) is 0 Å². The van der Waals surface area contributed by atoms with Crippen LogP contribution in [0.5, 0.6) is 11.5 Å². The number of nitrogens with zero attached hydrogens (tertiary/aromatic N) is 3. The van der Waals surface area contributed by atoms with E-state index < -0.39 is 11.4 Å². The van der Waals surface area contributed by atoms with Gasteiger partial charge in [-0.1, -0.05) is 17.7 Å². The molecule has 3 heterocycles. The summed E-state index contributed by atoms with van der Waals surface area (Å²) in [5.41, 5.74) is 1.14. The van der Waals surface area contributed by atoms with Crippen molar-refractivity contribution in [3.05, 3.63) is 47.2 Å². The molecule has 170 valence electrons. The second-order valence-electron chi connectivity index (χ2n) is 9.70. The van der Waals surface area contributed by atoms with Gasteiger partial charge >= 0.3 is 6.09 Å². The first kappa shape index (κ1) is 21.2. The number of anilines is 1. The molecule has 2 fully saturated rings. The van der Waals surface area contributed by atoms with E-state index in [1.54, 1.807) is 12.3 Å². The van der Waals surface area contributed by atoms with Gasteiger partial charge in [0.15, 0.2) is 11.5 Å². The van der Waals surface area contributed by atoms with Crippen LogP contribution in [0.15, 0.2) is 36.5 Å². The molecule has 3 aliphatic rings. The third-order valence-electron chi connectivity index (χ3n) is 6.27. The second-order valence-corrected chi connectivity index (χ2v) is 10.1. The molecule has 0 bridgehead atoms. The summed E-state index contributed by atoms with van der Waals surface area (Å²) in [7, 11) is 0. The van der Waals surface area contributed by atoms with Gasteiger partial charge in [0.25, 0.3) is 5.79 Å². The Morgan fingerprint density at radius 3 is 2.59 bits per heavy atom. The molecule has 2 aliphatic heterocycles. The van der Waals surface area contributed by atoms with Crippen LogP contribution < -0.4 is 14.4 Å². The van der Waals surface area contributed by atoms with Crippen LogP contribution in [-0.2, 0) is 10.5 Å². The summed E-state index contributed by atoms with van der Waals surface area (Å²) < 4.78 is 18.2. The van der Waals surface area contributed by atoms with Crippen LogP contribution in [-0.4, -0.2) is 46.8 Å². The van der Waals surface area contributed by atoms with E-state index in [2.05, 4.69) is 16.0 Å². The Morgan fingerprint density at radius 2 is 1.94 bits per heavy atom. The number of halogens is 1. The summed E-state index contributed by atoms with van der Waals surface area (Å²) in [5, 5.41) is 0.562. The number of ether oxygens (including phenoxy) is 3. The van der Waals surface area contributed by atoms with Crippen LogP contribution in [0.25, 0.3) is 0 Å². The molecule has 1 aromatic heterocycles. The minimum atomic E-state index is -1.03. The zero-order valence-electron chi connectivity index (χ0n) is 18.8. The van der Waals surface area contributed by atoms with Gasteiger partial charge in [0.2, 0.25) is 0 Å². The van der Waals surface area contributed by atoms with Gasteiger partial charge in [0.05, 0.1) is 16.8 Å². The number of fused-ring (bicyclic) bond motifs is 2. The molecule has 2 aromatic rings. The van der Waals surface area contributed by atoms with Gasteiger partial charge in [-0.3, -0.25) is 4.98 Å². The Bertz CT molecular complexity index is 1040. The van der Waals surface area contributed by atoms with Gasteiger partial charge in [-0.05, 0) is 57.9 Å². The highest BCUT2D eigenvalue weighted by Crippen LogP contribution is 2.51. The summed E-state index contributed by atoms with van der Waals surface area (Å²) in [6, 6.07) is 9.91. The molecule has 0 unspecified atom stereocenters. The number of carbonyl (C=O) groups is 1. The van der Waals surface area contributed by atoms with Crippen molar-refractivity contribution in [2.45, 2.75) is 64.0 Å². The lowest BCUT2D eigenvalue weighted by molar-refractivity contribution is -0.0716. The van der Waals surface area contributed by atoms with Crippen molar-refractivity contribution >= 4 is 23.4 Å². The van der Waals surface area contributed by atoms with E-state index in [0.717, 1.165) is 18.5 Å². The molecular formula is C24H28ClN3O4. The summed E-state index contributed by atoms with van der Waals surface area (Å²) in [5.74, 6) is 0.371. The molecule has 0 N–H and O–H groups in total. The number of hydrogen-bond donors (Lipinski definition) is 0. The van der Waals surface area contributed by atoms with Crippen molar-refractivity contribution < 1.29 is 19.0 Å². The number of hydrogen-bond acceptors (Lipinski definition) is 6. The summed E-state index contributed by atoms with van der Waals surface area (Å²) in [6.45, 7) is 8.87. The normalized spacial score (nSPS) is 26.4.